The van der Waals surface area contributed by atoms with Gasteiger partial charge >= 0.3 is 0 Å². The molecule has 0 unspecified atom stereocenters. The van der Waals surface area contributed by atoms with E-state index in [1.54, 1.807) is 12.1 Å². The SMILES string of the molecule is Oc1ccc(-c2cn3ccc(N4CCNCC4)cc3n2)cc1. The number of pyridine rings is 1. The van der Waals surface area contributed by atoms with E-state index < -0.39 is 0 Å². The molecule has 0 bridgehead atoms. The van der Waals surface area contributed by atoms with Crippen molar-refractivity contribution < 1.29 is 5.11 Å². The topological polar surface area (TPSA) is 52.8 Å². The number of hydrogen-bond acceptors (Lipinski definition) is 4. The van der Waals surface area contributed by atoms with Crippen molar-refractivity contribution >= 4 is 11.3 Å². The van der Waals surface area contributed by atoms with Gasteiger partial charge in [0, 0.05) is 55.9 Å². The first-order valence-corrected chi connectivity index (χ1v) is 7.53. The summed E-state index contributed by atoms with van der Waals surface area (Å²) in [6, 6.07) is 11.4. The fourth-order valence-corrected chi connectivity index (χ4v) is 2.86. The number of phenols is 1. The first-order chi connectivity index (χ1) is 10.8. The maximum absolute atomic E-state index is 9.39. The molecule has 1 aliphatic heterocycles. The fourth-order valence-electron chi connectivity index (χ4n) is 2.86. The molecule has 0 spiro atoms. The molecule has 5 nitrogen and oxygen atoms in total. The van der Waals surface area contributed by atoms with Crippen LogP contribution in [0.1, 0.15) is 0 Å². The van der Waals surface area contributed by atoms with Crippen LogP contribution in [-0.2, 0) is 0 Å². The number of benzene rings is 1. The van der Waals surface area contributed by atoms with Crippen LogP contribution in [0.3, 0.4) is 0 Å². The highest BCUT2D eigenvalue weighted by Gasteiger charge is 2.12. The van der Waals surface area contributed by atoms with Crippen LogP contribution in [0, 0.1) is 0 Å². The number of piperazine rings is 1. The number of imidazole rings is 1. The molecule has 0 radical (unpaired) electrons. The minimum atomic E-state index is 0.272. The summed E-state index contributed by atoms with van der Waals surface area (Å²) in [6.07, 6.45) is 4.08. The monoisotopic (exact) mass is 294 g/mol. The molecule has 1 aliphatic rings. The number of rotatable bonds is 2. The van der Waals surface area contributed by atoms with E-state index in [2.05, 4.69) is 28.5 Å². The van der Waals surface area contributed by atoms with E-state index in [1.807, 2.05) is 22.7 Å². The Hall–Kier alpha value is -2.53. The van der Waals surface area contributed by atoms with E-state index in [-0.39, 0.29) is 5.75 Å². The summed E-state index contributed by atoms with van der Waals surface area (Å²) in [5.74, 6) is 0.272. The highest BCUT2D eigenvalue weighted by atomic mass is 16.3. The van der Waals surface area contributed by atoms with Gasteiger partial charge < -0.3 is 19.7 Å². The number of aromatic nitrogens is 2. The van der Waals surface area contributed by atoms with Crippen molar-refractivity contribution in [3.63, 3.8) is 0 Å². The van der Waals surface area contributed by atoms with Crippen molar-refractivity contribution in [2.24, 2.45) is 0 Å². The number of aromatic hydroxyl groups is 1. The van der Waals surface area contributed by atoms with Gasteiger partial charge in [0.15, 0.2) is 0 Å². The van der Waals surface area contributed by atoms with Crippen molar-refractivity contribution in [1.82, 2.24) is 14.7 Å². The lowest BCUT2D eigenvalue weighted by Gasteiger charge is -2.29. The second-order valence-corrected chi connectivity index (χ2v) is 5.56. The molecule has 1 aromatic carbocycles. The van der Waals surface area contributed by atoms with Gasteiger partial charge in [-0.25, -0.2) is 4.98 Å². The molecule has 3 heterocycles. The number of hydrogen-bond donors (Lipinski definition) is 2. The minimum absolute atomic E-state index is 0.272. The van der Waals surface area contributed by atoms with Gasteiger partial charge in [0.25, 0.3) is 0 Å². The van der Waals surface area contributed by atoms with E-state index in [1.165, 1.54) is 5.69 Å². The lowest BCUT2D eigenvalue weighted by molar-refractivity contribution is 0.475. The number of fused-ring (bicyclic) bond motifs is 1. The lowest BCUT2D eigenvalue weighted by atomic mass is 10.2. The molecule has 112 valence electrons. The van der Waals surface area contributed by atoms with E-state index in [9.17, 15) is 5.11 Å². The van der Waals surface area contributed by atoms with E-state index in [0.717, 1.165) is 43.1 Å². The number of phenolic OH excluding ortho intramolecular Hbond substituents is 1. The maximum Gasteiger partial charge on any atom is 0.139 e. The first-order valence-electron chi connectivity index (χ1n) is 7.53. The maximum atomic E-state index is 9.39. The molecule has 0 saturated carbocycles. The van der Waals surface area contributed by atoms with Crippen LogP contribution in [0.25, 0.3) is 16.9 Å². The molecular weight excluding hydrogens is 276 g/mol. The Bertz CT molecular complexity index is 788. The molecule has 1 saturated heterocycles. The Morgan fingerprint density at radius 3 is 2.59 bits per heavy atom. The highest BCUT2D eigenvalue weighted by molar-refractivity contribution is 5.66. The molecule has 22 heavy (non-hydrogen) atoms. The van der Waals surface area contributed by atoms with Crippen LogP contribution < -0.4 is 10.2 Å². The minimum Gasteiger partial charge on any atom is -0.508 e. The third-order valence-electron chi connectivity index (χ3n) is 4.09. The van der Waals surface area contributed by atoms with Gasteiger partial charge in [-0.05, 0) is 30.3 Å². The Balaban J connectivity index is 1.69. The van der Waals surface area contributed by atoms with Gasteiger partial charge in [-0.1, -0.05) is 0 Å². The Morgan fingerprint density at radius 2 is 1.82 bits per heavy atom. The molecule has 2 aromatic heterocycles. The van der Waals surface area contributed by atoms with Crippen molar-refractivity contribution in [2.45, 2.75) is 0 Å². The van der Waals surface area contributed by atoms with Gasteiger partial charge in [0.1, 0.15) is 11.4 Å². The molecule has 4 rings (SSSR count). The van der Waals surface area contributed by atoms with E-state index in [0.29, 0.717) is 0 Å². The molecule has 2 N–H and O–H groups in total. The molecule has 0 amide bonds. The van der Waals surface area contributed by atoms with E-state index >= 15 is 0 Å². The van der Waals surface area contributed by atoms with Gasteiger partial charge in [0.2, 0.25) is 0 Å². The average Bonchev–Trinajstić information content (AvgIpc) is 2.99. The Labute approximate surface area is 128 Å². The van der Waals surface area contributed by atoms with Crippen LogP contribution in [0.2, 0.25) is 0 Å². The Morgan fingerprint density at radius 1 is 1.05 bits per heavy atom. The zero-order chi connectivity index (χ0) is 14.9. The summed E-state index contributed by atoms with van der Waals surface area (Å²) in [4.78, 5) is 7.09. The number of nitrogens with one attached hydrogen (secondary N) is 1. The first kappa shape index (κ1) is 13.2. The van der Waals surface area contributed by atoms with Crippen LogP contribution in [0.5, 0.6) is 5.75 Å². The molecule has 0 aliphatic carbocycles. The third-order valence-corrected chi connectivity index (χ3v) is 4.09. The van der Waals surface area contributed by atoms with Crippen LogP contribution in [0.15, 0.2) is 48.8 Å². The summed E-state index contributed by atoms with van der Waals surface area (Å²) in [5, 5.41) is 12.8. The Kier molecular flexibility index (Phi) is 3.20. The third kappa shape index (κ3) is 2.40. The summed E-state index contributed by atoms with van der Waals surface area (Å²) >= 11 is 0. The van der Waals surface area contributed by atoms with Crippen molar-refractivity contribution in [3.05, 3.63) is 48.8 Å². The molecule has 0 atom stereocenters. The summed E-state index contributed by atoms with van der Waals surface area (Å²) in [6.45, 7) is 4.11. The summed E-state index contributed by atoms with van der Waals surface area (Å²) in [7, 11) is 0. The molecular formula is C17H18N4O. The second kappa shape index (κ2) is 5.35. The van der Waals surface area contributed by atoms with E-state index in [4.69, 9.17) is 4.98 Å². The zero-order valence-corrected chi connectivity index (χ0v) is 12.2. The predicted molar refractivity (Wildman–Crippen MR) is 87.4 cm³/mol. The number of nitrogens with zero attached hydrogens (tertiary/aromatic N) is 3. The zero-order valence-electron chi connectivity index (χ0n) is 12.2. The van der Waals surface area contributed by atoms with Gasteiger partial charge in [-0.15, -0.1) is 0 Å². The summed E-state index contributed by atoms with van der Waals surface area (Å²) in [5.41, 5.74) is 4.08. The van der Waals surface area contributed by atoms with Crippen LogP contribution >= 0.6 is 0 Å². The standard InChI is InChI=1S/C17H18N4O/c22-15-3-1-13(2-4-15)16-12-21-8-5-14(11-17(21)19-16)20-9-6-18-7-10-20/h1-5,8,11-12,18,22H,6-7,9-10H2. The van der Waals surface area contributed by atoms with Crippen molar-refractivity contribution in [2.75, 3.05) is 31.1 Å². The van der Waals surface area contributed by atoms with Crippen molar-refractivity contribution in [1.29, 1.82) is 0 Å². The molecule has 1 fully saturated rings. The van der Waals surface area contributed by atoms with Crippen LogP contribution in [0.4, 0.5) is 5.69 Å². The van der Waals surface area contributed by atoms with Gasteiger partial charge in [-0.3, -0.25) is 0 Å². The highest BCUT2D eigenvalue weighted by Crippen LogP contribution is 2.24. The molecule has 3 aromatic rings. The fraction of sp³-hybridized carbons (Fsp3) is 0.235. The normalized spacial score (nSPS) is 15.4. The van der Waals surface area contributed by atoms with Gasteiger partial charge in [-0.2, -0.15) is 0 Å². The predicted octanol–water partition coefficient (Wildman–Crippen LogP) is 2.12. The smallest absolute Gasteiger partial charge is 0.139 e. The lowest BCUT2D eigenvalue weighted by Crippen LogP contribution is -2.43. The molecule has 5 heteroatoms. The van der Waals surface area contributed by atoms with Crippen LogP contribution in [-0.4, -0.2) is 40.7 Å². The van der Waals surface area contributed by atoms with Crippen molar-refractivity contribution in [3.8, 4) is 17.0 Å². The second-order valence-electron chi connectivity index (χ2n) is 5.56. The summed E-state index contributed by atoms with van der Waals surface area (Å²) < 4.78 is 2.04. The number of anilines is 1. The van der Waals surface area contributed by atoms with Gasteiger partial charge in [0.05, 0.1) is 5.69 Å². The largest absolute Gasteiger partial charge is 0.508 e. The average molecular weight is 294 g/mol. The quantitative estimate of drug-likeness (QED) is 0.760.